The summed E-state index contributed by atoms with van der Waals surface area (Å²) < 4.78 is 22.5. The summed E-state index contributed by atoms with van der Waals surface area (Å²) in [5, 5.41) is 10.7. The average Bonchev–Trinajstić information content (AvgIpc) is 3.19. The van der Waals surface area contributed by atoms with Gasteiger partial charge >= 0.3 is 6.09 Å². The van der Waals surface area contributed by atoms with E-state index in [0.29, 0.717) is 33.3 Å². The van der Waals surface area contributed by atoms with Crippen LogP contribution in [-0.2, 0) is 4.43 Å². The fourth-order valence-corrected chi connectivity index (χ4v) is 10.3. The molecule has 0 saturated carbocycles. The lowest BCUT2D eigenvalue weighted by Gasteiger charge is -2.50. The zero-order valence-corrected chi connectivity index (χ0v) is 26.0. The Labute approximate surface area is 236 Å². The number of hydrogen-bond donors (Lipinski definition) is 1. The van der Waals surface area contributed by atoms with Gasteiger partial charge in [0.2, 0.25) is 0 Å². The summed E-state index contributed by atoms with van der Waals surface area (Å²) in [5.74, 6) is 0.560. The maximum atomic E-state index is 15.3. The van der Waals surface area contributed by atoms with Crippen molar-refractivity contribution in [2.24, 2.45) is 0 Å². The number of carbonyl (C=O) groups is 1. The zero-order chi connectivity index (χ0) is 27.1. The summed E-state index contributed by atoms with van der Waals surface area (Å²) in [7, 11) is -2.01. The number of anilines is 1. The topological polar surface area (TPSA) is 91.7 Å². The van der Waals surface area contributed by atoms with E-state index in [2.05, 4.69) is 58.5 Å². The van der Waals surface area contributed by atoms with E-state index in [1.54, 1.807) is 4.90 Å². The second kappa shape index (κ2) is 11.5. The molecule has 2 fully saturated rings. The quantitative estimate of drug-likeness (QED) is 0.139. The molecule has 0 aromatic carbocycles. The zero-order valence-electron chi connectivity index (χ0n) is 21.8. The van der Waals surface area contributed by atoms with Gasteiger partial charge in [0.25, 0.3) is 0 Å². The first-order valence-electron chi connectivity index (χ1n) is 12.9. The van der Waals surface area contributed by atoms with E-state index in [4.69, 9.17) is 21.0 Å². The molecular formula is C24H34BrClFN5O3SSi. The first-order valence-corrected chi connectivity index (χ1v) is 17.6. The normalized spacial score (nSPS) is 22.6. The molecule has 8 nitrogen and oxygen atoms in total. The number of fused-ring (bicyclic) bond motifs is 3. The van der Waals surface area contributed by atoms with Crippen LogP contribution in [0.2, 0.25) is 23.3 Å². The van der Waals surface area contributed by atoms with E-state index in [9.17, 15) is 9.90 Å². The Balaban J connectivity index is 1.91. The Bertz CT molecular complexity index is 1170. The van der Waals surface area contributed by atoms with E-state index in [1.165, 1.54) is 11.8 Å². The Morgan fingerprint density at radius 3 is 2.51 bits per heavy atom. The molecule has 4 heterocycles. The minimum Gasteiger partial charge on any atom is -0.465 e. The molecule has 37 heavy (non-hydrogen) atoms. The lowest BCUT2D eigenvalue weighted by Crippen LogP contribution is -2.65. The third kappa shape index (κ3) is 5.20. The maximum Gasteiger partial charge on any atom is 0.407 e. The summed E-state index contributed by atoms with van der Waals surface area (Å²) in [5.41, 5.74) is 0.104. The van der Waals surface area contributed by atoms with E-state index < -0.39 is 20.2 Å². The van der Waals surface area contributed by atoms with E-state index in [0.717, 1.165) is 31.0 Å². The van der Waals surface area contributed by atoms with Crippen molar-refractivity contribution in [2.75, 3.05) is 17.2 Å². The second-order valence-electron chi connectivity index (χ2n) is 9.69. The molecule has 2 saturated heterocycles. The monoisotopic (exact) mass is 633 g/mol. The van der Waals surface area contributed by atoms with Crippen LogP contribution in [0.4, 0.5) is 15.0 Å². The number of halogens is 3. The Kier molecular flexibility index (Phi) is 8.94. The second-order valence-corrected chi connectivity index (χ2v) is 16.8. The predicted molar refractivity (Wildman–Crippen MR) is 152 cm³/mol. The highest BCUT2D eigenvalue weighted by atomic mass is 79.9. The van der Waals surface area contributed by atoms with Gasteiger partial charge in [-0.25, -0.2) is 24.1 Å². The minimum atomic E-state index is -2.01. The van der Waals surface area contributed by atoms with Gasteiger partial charge in [-0.3, -0.25) is 4.90 Å². The van der Waals surface area contributed by atoms with Crippen molar-refractivity contribution < 1.29 is 18.7 Å². The molecule has 2 aromatic rings. The van der Waals surface area contributed by atoms with Gasteiger partial charge in [0.15, 0.2) is 24.4 Å². The molecular weight excluding hydrogens is 601 g/mol. The predicted octanol–water partition coefficient (Wildman–Crippen LogP) is 6.80. The largest absolute Gasteiger partial charge is 0.465 e. The number of piperazine rings is 1. The first kappa shape index (κ1) is 28.8. The molecule has 1 N–H and O–H groups in total. The highest BCUT2D eigenvalue weighted by molar-refractivity contribution is 9.10. The van der Waals surface area contributed by atoms with Gasteiger partial charge in [-0.1, -0.05) is 51.1 Å². The van der Waals surface area contributed by atoms with Gasteiger partial charge in [-0.05, 0) is 59.6 Å². The van der Waals surface area contributed by atoms with Crippen LogP contribution in [0, 0.1) is 5.82 Å². The molecule has 4 rings (SSSR count). The molecule has 1 amide bonds. The van der Waals surface area contributed by atoms with Crippen LogP contribution in [0.3, 0.4) is 0 Å². The van der Waals surface area contributed by atoms with Crippen LogP contribution < -0.4 is 4.90 Å². The standard InChI is InChI=1S/C24H34BrClFN5O3SSi/c1-6-36-23-28-18-16(20(25)29-21(26)17(18)27)22(30-23)31-12-14-10-11-15(32(14)24(33)34)19(31)13(5)35-37(7-2,8-3)9-4/h13-15,19H,6-12H2,1-5H3,(H,33,34)/t13?,14-,15+,19-/m1/s1. The van der Waals surface area contributed by atoms with E-state index >= 15 is 4.39 Å². The number of nitrogens with zero attached hydrogens (tertiary/aromatic N) is 5. The summed E-state index contributed by atoms with van der Waals surface area (Å²) in [4.78, 5) is 29.6. The molecule has 1 unspecified atom stereocenters. The number of thioether (sulfide) groups is 1. The van der Waals surface area contributed by atoms with E-state index in [-0.39, 0.29) is 34.9 Å². The third-order valence-electron chi connectivity index (χ3n) is 7.99. The van der Waals surface area contributed by atoms with Crippen LogP contribution in [0.15, 0.2) is 9.76 Å². The van der Waals surface area contributed by atoms with Crippen molar-refractivity contribution in [3.8, 4) is 0 Å². The smallest absolute Gasteiger partial charge is 0.407 e. The van der Waals surface area contributed by atoms with Gasteiger partial charge in [-0.2, -0.15) is 0 Å². The Morgan fingerprint density at radius 1 is 1.24 bits per heavy atom. The van der Waals surface area contributed by atoms with Crippen molar-refractivity contribution in [1.29, 1.82) is 0 Å². The average molecular weight is 635 g/mol. The molecule has 0 spiro atoms. The Morgan fingerprint density at radius 2 is 1.92 bits per heavy atom. The molecule has 4 atom stereocenters. The molecule has 2 aromatic heterocycles. The minimum absolute atomic E-state index is 0.104. The fraction of sp³-hybridized carbons (Fsp3) is 0.667. The number of rotatable bonds is 9. The maximum absolute atomic E-state index is 15.3. The molecule has 0 radical (unpaired) electrons. The van der Waals surface area contributed by atoms with Crippen molar-refractivity contribution in [1.82, 2.24) is 19.9 Å². The third-order valence-corrected chi connectivity index (χ3v) is 14.3. The van der Waals surface area contributed by atoms with Gasteiger partial charge in [0, 0.05) is 6.54 Å². The first-order chi connectivity index (χ1) is 17.6. The summed E-state index contributed by atoms with van der Waals surface area (Å²) in [6.07, 6.45) is 0.330. The number of hydrogen-bond acceptors (Lipinski definition) is 7. The van der Waals surface area contributed by atoms with Crippen LogP contribution >= 0.6 is 39.3 Å². The van der Waals surface area contributed by atoms with Crippen molar-refractivity contribution in [2.45, 2.75) is 95.0 Å². The summed E-state index contributed by atoms with van der Waals surface area (Å²) in [6.45, 7) is 11.0. The number of carboxylic acid groups (broad SMARTS) is 1. The van der Waals surface area contributed by atoms with Crippen LogP contribution in [0.5, 0.6) is 0 Å². The summed E-state index contributed by atoms with van der Waals surface area (Å²) in [6, 6.07) is 2.21. The molecule has 13 heteroatoms. The number of amides is 1. The van der Waals surface area contributed by atoms with Gasteiger partial charge < -0.3 is 14.4 Å². The lowest BCUT2D eigenvalue weighted by molar-refractivity contribution is 0.0662. The molecule has 204 valence electrons. The highest BCUT2D eigenvalue weighted by Gasteiger charge is 2.52. The number of aromatic nitrogens is 3. The van der Waals surface area contributed by atoms with Crippen LogP contribution in [-0.4, -0.2) is 75.9 Å². The molecule has 0 aliphatic carbocycles. The fourth-order valence-electron chi connectivity index (χ4n) is 6.01. The summed E-state index contributed by atoms with van der Waals surface area (Å²) >= 11 is 11.0. The SMILES string of the molecule is CCSc1nc(N2C[C@H]3CC[C@@H]([C@H]2C(C)O[Si](CC)(CC)CC)N3C(=O)O)c2c(Br)nc(Cl)c(F)c2n1. The van der Waals surface area contributed by atoms with E-state index in [1.807, 2.05) is 6.92 Å². The highest BCUT2D eigenvalue weighted by Crippen LogP contribution is 2.43. The molecule has 2 aliphatic rings. The Hall–Kier alpha value is -1.21. The van der Waals surface area contributed by atoms with Gasteiger partial charge in [0.05, 0.1) is 29.6 Å². The van der Waals surface area contributed by atoms with Gasteiger partial charge in [0.1, 0.15) is 15.9 Å². The van der Waals surface area contributed by atoms with Crippen molar-refractivity contribution in [3.63, 3.8) is 0 Å². The van der Waals surface area contributed by atoms with Crippen molar-refractivity contribution in [3.05, 3.63) is 15.6 Å². The van der Waals surface area contributed by atoms with Crippen LogP contribution in [0.1, 0.15) is 47.5 Å². The number of pyridine rings is 1. The lowest BCUT2D eigenvalue weighted by atomic mass is 9.97. The van der Waals surface area contributed by atoms with Crippen LogP contribution in [0.25, 0.3) is 10.9 Å². The van der Waals surface area contributed by atoms with Crippen molar-refractivity contribution >= 4 is 70.4 Å². The molecule has 2 aliphatic heterocycles. The molecule has 2 bridgehead atoms. The van der Waals surface area contributed by atoms with Gasteiger partial charge in [-0.15, -0.1) is 0 Å².